The van der Waals surface area contributed by atoms with Gasteiger partial charge in [0.25, 0.3) is 0 Å². The maximum atomic E-state index is 8.87. The minimum atomic E-state index is 0.606. The number of aromatic nitrogens is 3. The molecule has 0 atom stereocenters. The van der Waals surface area contributed by atoms with E-state index in [1.54, 1.807) is 6.20 Å². The lowest BCUT2D eigenvalue weighted by molar-refractivity contribution is 0.317. The van der Waals surface area contributed by atoms with E-state index in [0.717, 1.165) is 35.6 Å². The zero-order valence-corrected chi connectivity index (χ0v) is 13.5. The standard InChI is InChI=1S/C19H18N4O/c1-2-11-24-18-9-7-17(8-10-18)19-13-21-22-23(19)14-16-5-3-15(12-20)4-6-16/h3-10,13H,2,11,14H2,1H3. The Morgan fingerprint density at radius 3 is 2.50 bits per heavy atom. The number of ether oxygens (including phenoxy) is 1. The summed E-state index contributed by atoms with van der Waals surface area (Å²) in [4.78, 5) is 0. The summed E-state index contributed by atoms with van der Waals surface area (Å²) in [7, 11) is 0. The summed E-state index contributed by atoms with van der Waals surface area (Å²) < 4.78 is 7.46. The highest BCUT2D eigenvalue weighted by Crippen LogP contribution is 2.22. The molecule has 0 unspecified atom stereocenters. The topological polar surface area (TPSA) is 63.7 Å². The van der Waals surface area contributed by atoms with Crippen LogP contribution in [0.4, 0.5) is 0 Å². The Balaban J connectivity index is 1.78. The molecule has 5 heteroatoms. The number of benzene rings is 2. The van der Waals surface area contributed by atoms with Crippen LogP contribution in [-0.2, 0) is 6.54 Å². The summed E-state index contributed by atoms with van der Waals surface area (Å²) in [6.45, 7) is 3.41. The van der Waals surface area contributed by atoms with Gasteiger partial charge in [0.05, 0.1) is 36.7 Å². The van der Waals surface area contributed by atoms with Crippen LogP contribution in [0.5, 0.6) is 5.75 Å². The predicted octanol–water partition coefficient (Wildman–Crippen LogP) is 3.65. The van der Waals surface area contributed by atoms with Gasteiger partial charge in [-0.3, -0.25) is 0 Å². The fraction of sp³-hybridized carbons (Fsp3) is 0.211. The van der Waals surface area contributed by atoms with Crippen LogP contribution in [0, 0.1) is 11.3 Å². The number of rotatable bonds is 6. The second kappa shape index (κ2) is 7.42. The van der Waals surface area contributed by atoms with Gasteiger partial charge in [-0.15, -0.1) is 5.10 Å². The molecule has 0 radical (unpaired) electrons. The number of hydrogen-bond donors (Lipinski definition) is 0. The largest absolute Gasteiger partial charge is 0.494 e. The van der Waals surface area contributed by atoms with E-state index < -0.39 is 0 Å². The van der Waals surface area contributed by atoms with Gasteiger partial charge >= 0.3 is 0 Å². The van der Waals surface area contributed by atoms with E-state index in [-0.39, 0.29) is 0 Å². The Labute approximate surface area is 141 Å². The minimum Gasteiger partial charge on any atom is -0.494 e. The van der Waals surface area contributed by atoms with Crippen LogP contribution in [0.3, 0.4) is 0 Å². The molecule has 3 rings (SSSR count). The first-order valence-electron chi connectivity index (χ1n) is 7.91. The molecule has 0 saturated heterocycles. The molecular weight excluding hydrogens is 300 g/mol. The second-order valence-electron chi connectivity index (χ2n) is 5.46. The molecular formula is C19H18N4O. The van der Waals surface area contributed by atoms with E-state index in [9.17, 15) is 0 Å². The van der Waals surface area contributed by atoms with E-state index in [1.807, 2.05) is 53.2 Å². The summed E-state index contributed by atoms with van der Waals surface area (Å²) in [6.07, 6.45) is 2.74. The molecule has 120 valence electrons. The van der Waals surface area contributed by atoms with Gasteiger partial charge in [-0.05, 0) is 48.4 Å². The molecule has 0 N–H and O–H groups in total. The van der Waals surface area contributed by atoms with E-state index in [0.29, 0.717) is 12.1 Å². The molecule has 0 amide bonds. The molecule has 3 aromatic rings. The third kappa shape index (κ3) is 3.61. The van der Waals surface area contributed by atoms with Gasteiger partial charge < -0.3 is 4.74 Å². The first kappa shape index (κ1) is 15.8. The van der Waals surface area contributed by atoms with Gasteiger partial charge in [0.1, 0.15) is 5.75 Å². The average Bonchev–Trinajstić information content (AvgIpc) is 3.09. The van der Waals surface area contributed by atoms with Gasteiger partial charge in [-0.1, -0.05) is 24.3 Å². The highest BCUT2D eigenvalue weighted by atomic mass is 16.5. The summed E-state index contributed by atoms with van der Waals surface area (Å²) in [6, 6.07) is 17.6. The van der Waals surface area contributed by atoms with E-state index in [2.05, 4.69) is 23.3 Å². The Morgan fingerprint density at radius 2 is 1.83 bits per heavy atom. The smallest absolute Gasteiger partial charge is 0.119 e. The molecule has 1 heterocycles. The fourth-order valence-electron chi connectivity index (χ4n) is 2.40. The van der Waals surface area contributed by atoms with Crippen LogP contribution in [0.25, 0.3) is 11.3 Å². The Morgan fingerprint density at radius 1 is 1.08 bits per heavy atom. The van der Waals surface area contributed by atoms with Crippen molar-refractivity contribution < 1.29 is 4.74 Å². The van der Waals surface area contributed by atoms with Gasteiger partial charge in [0.15, 0.2) is 0 Å². The molecule has 2 aromatic carbocycles. The van der Waals surface area contributed by atoms with Crippen molar-refractivity contribution in [2.45, 2.75) is 19.9 Å². The molecule has 24 heavy (non-hydrogen) atoms. The van der Waals surface area contributed by atoms with Crippen molar-refractivity contribution in [2.75, 3.05) is 6.61 Å². The maximum Gasteiger partial charge on any atom is 0.119 e. The fourth-order valence-corrected chi connectivity index (χ4v) is 2.40. The molecule has 1 aromatic heterocycles. The number of hydrogen-bond acceptors (Lipinski definition) is 4. The molecule has 0 saturated carbocycles. The molecule has 0 aliphatic carbocycles. The summed E-state index contributed by atoms with van der Waals surface area (Å²) in [5, 5.41) is 17.1. The van der Waals surface area contributed by atoms with E-state index >= 15 is 0 Å². The molecule has 0 aliphatic rings. The molecule has 0 spiro atoms. The SMILES string of the molecule is CCCOc1ccc(-c2cnnn2Cc2ccc(C#N)cc2)cc1. The van der Waals surface area contributed by atoms with Crippen LogP contribution in [0.15, 0.2) is 54.7 Å². The van der Waals surface area contributed by atoms with Crippen molar-refractivity contribution in [1.29, 1.82) is 5.26 Å². The summed E-state index contributed by atoms with van der Waals surface area (Å²) in [5.74, 6) is 0.867. The minimum absolute atomic E-state index is 0.606. The highest BCUT2D eigenvalue weighted by Gasteiger charge is 2.08. The maximum absolute atomic E-state index is 8.87. The Kier molecular flexibility index (Phi) is 4.87. The van der Waals surface area contributed by atoms with Crippen molar-refractivity contribution in [3.63, 3.8) is 0 Å². The Hall–Kier alpha value is -3.13. The van der Waals surface area contributed by atoms with Crippen LogP contribution in [-0.4, -0.2) is 21.6 Å². The lowest BCUT2D eigenvalue weighted by Gasteiger charge is -2.08. The van der Waals surface area contributed by atoms with Crippen LogP contribution >= 0.6 is 0 Å². The van der Waals surface area contributed by atoms with Crippen LogP contribution in [0.1, 0.15) is 24.5 Å². The average molecular weight is 318 g/mol. The van der Waals surface area contributed by atoms with Crippen molar-refractivity contribution in [2.24, 2.45) is 0 Å². The van der Waals surface area contributed by atoms with Crippen molar-refractivity contribution in [1.82, 2.24) is 15.0 Å². The summed E-state index contributed by atoms with van der Waals surface area (Å²) in [5.41, 5.74) is 3.71. The number of nitriles is 1. The lowest BCUT2D eigenvalue weighted by atomic mass is 10.1. The third-order valence-electron chi connectivity index (χ3n) is 3.66. The van der Waals surface area contributed by atoms with Gasteiger partial charge in [-0.2, -0.15) is 5.26 Å². The normalized spacial score (nSPS) is 10.3. The van der Waals surface area contributed by atoms with Gasteiger partial charge in [0, 0.05) is 5.56 Å². The van der Waals surface area contributed by atoms with Gasteiger partial charge in [0.2, 0.25) is 0 Å². The zero-order valence-electron chi connectivity index (χ0n) is 13.5. The van der Waals surface area contributed by atoms with E-state index in [4.69, 9.17) is 10.00 Å². The van der Waals surface area contributed by atoms with Crippen LogP contribution in [0.2, 0.25) is 0 Å². The third-order valence-corrected chi connectivity index (χ3v) is 3.66. The lowest BCUT2D eigenvalue weighted by Crippen LogP contribution is -2.04. The Bertz CT molecular complexity index is 829. The van der Waals surface area contributed by atoms with Crippen molar-refractivity contribution in [3.8, 4) is 23.1 Å². The quantitative estimate of drug-likeness (QED) is 0.696. The first-order valence-corrected chi connectivity index (χ1v) is 7.91. The second-order valence-corrected chi connectivity index (χ2v) is 5.46. The molecule has 0 fully saturated rings. The van der Waals surface area contributed by atoms with Crippen LogP contribution < -0.4 is 4.74 Å². The molecule has 0 bridgehead atoms. The first-order chi connectivity index (χ1) is 11.8. The molecule has 5 nitrogen and oxygen atoms in total. The van der Waals surface area contributed by atoms with Crippen molar-refractivity contribution >= 4 is 0 Å². The van der Waals surface area contributed by atoms with E-state index in [1.165, 1.54) is 0 Å². The zero-order chi connectivity index (χ0) is 16.8. The monoisotopic (exact) mass is 318 g/mol. The molecule has 0 aliphatic heterocycles. The predicted molar refractivity (Wildman–Crippen MR) is 91.5 cm³/mol. The van der Waals surface area contributed by atoms with Gasteiger partial charge in [-0.25, -0.2) is 4.68 Å². The number of nitrogens with zero attached hydrogens (tertiary/aromatic N) is 4. The van der Waals surface area contributed by atoms with Crippen molar-refractivity contribution in [3.05, 3.63) is 65.9 Å². The highest BCUT2D eigenvalue weighted by molar-refractivity contribution is 5.59. The summed E-state index contributed by atoms with van der Waals surface area (Å²) >= 11 is 0.